The first-order chi connectivity index (χ1) is 9.45. The van der Waals surface area contributed by atoms with E-state index < -0.39 is 10.8 Å². The van der Waals surface area contributed by atoms with E-state index in [1.54, 1.807) is 24.5 Å². The van der Waals surface area contributed by atoms with Crippen LogP contribution in [0.3, 0.4) is 0 Å². The number of hydrogen-bond acceptors (Lipinski definition) is 5. The van der Waals surface area contributed by atoms with Gasteiger partial charge in [0.05, 0.1) is 10.9 Å². The lowest BCUT2D eigenvalue weighted by molar-refractivity contribution is 0.678. The van der Waals surface area contributed by atoms with Crippen molar-refractivity contribution in [3.63, 3.8) is 0 Å². The second kappa shape index (κ2) is 6.04. The van der Waals surface area contributed by atoms with Crippen molar-refractivity contribution in [1.29, 1.82) is 0 Å². The summed E-state index contributed by atoms with van der Waals surface area (Å²) in [4.78, 5) is 19.0. The maximum absolute atomic E-state index is 12.0. The van der Waals surface area contributed by atoms with E-state index in [1.807, 2.05) is 6.92 Å². The SMILES string of the molecule is CC(CCS(C)=O)Nc1nc2ccc(N)cc2c(=O)[nH]1. The van der Waals surface area contributed by atoms with Crippen molar-refractivity contribution in [2.24, 2.45) is 0 Å². The first-order valence-electron chi connectivity index (χ1n) is 6.32. The highest BCUT2D eigenvalue weighted by Gasteiger charge is 2.08. The normalized spacial score (nSPS) is 14.1. The van der Waals surface area contributed by atoms with Gasteiger partial charge in [0.15, 0.2) is 0 Å². The Bertz CT molecular complexity index is 698. The number of H-pyrrole nitrogens is 1. The van der Waals surface area contributed by atoms with E-state index in [4.69, 9.17) is 5.73 Å². The lowest BCUT2D eigenvalue weighted by atomic mass is 10.2. The number of nitrogens with zero attached hydrogens (tertiary/aromatic N) is 1. The predicted molar refractivity (Wildman–Crippen MR) is 83.4 cm³/mol. The number of nitrogens with two attached hydrogens (primary N) is 1. The maximum atomic E-state index is 12.0. The van der Waals surface area contributed by atoms with Crippen LogP contribution in [0.5, 0.6) is 0 Å². The molecule has 0 amide bonds. The van der Waals surface area contributed by atoms with Gasteiger partial charge in [0.25, 0.3) is 5.56 Å². The van der Waals surface area contributed by atoms with Gasteiger partial charge in [0, 0.05) is 34.5 Å². The van der Waals surface area contributed by atoms with Gasteiger partial charge in [-0.3, -0.25) is 14.0 Å². The van der Waals surface area contributed by atoms with Crippen LogP contribution < -0.4 is 16.6 Å². The summed E-state index contributed by atoms with van der Waals surface area (Å²) in [6, 6.07) is 5.11. The molecule has 0 fully saturated rings. The molecule has 7 heteroatoms. The Morgan fingerprint density at radius 1 is 1.50 bits per heavy atom. The monoisotopic (exact) mass is 294 g/mol. The summed E-state index contributed by atoms with van der Waals surface area (Å²) in [6.07, 6.45) is 2.42. The molecule has 0 aliphatic rings. The molecule has 0 saturated carbocycles. The first kappa shape index (κ1) is 14.5. The molecule has 1 heterocycles. The number of aromatic nitrogens is 2. The van der Waals surface area contributed by atoms with Gasteiger partial charge in [-0.15, -0.1) is 0 Å². The fourth-order valence-corrected chi connectivity index (χ4v) is 2.56. The molecule has 1 aromatic carbocycles. The van der Waals surface area contributed by atoms with Crippen LogP contribution in [0.2, 0.25) is 0 Å². The minimum Gasteiger partial charge on any atom is -0.399 e. The van der Waals surface area contributed by atoms with E-state index in [2.05, 4.69) is 15.3 Å². The summed E-state index contributed by atoms with van der Waals surface area (Å²) >= 11 is 0. The third-order valence-electron chi connectivity index (χ3n) is 2.95. The zero-order valence-electron chi connectivity index (χ0n) is 11.5. The zero-order chi connectivity index (χ0) is 14.7. The molecule has 2 unspecified atom stereocenters. The molecule has 0 radical (unpaired) electrons. The first-order valence-corrected chi connectivity index (χ1v) is 8.04. The van der Waals surface area contributed by atoms with Gasteiger partial charge in [-0.25, -0.2) is 4.98 Å². The molecule has 0 aliphatic heterocycles. The van der Waals surface area contributed by atoms with E-state index in [1.165, 1.54) is 0 Å². The smallest absolute Gasteiger partial charge is 0.260 e. The molecule has 0 saturated heterocycles. The summed E-state index contributed by atoms with van der Waals surface area (Å²) < 4.78 is 11.1. The quantitative estimate of drug-likeness (QED) is 0.716. The van der Waals surface area contributed by atoms with Crippen molar-refractivity contribution in [3.05, 3.63) is 28.6 Å². The van der Waals surface area contributed by atoms with Crippen LogP contribution in [0.25, 0.3) is 10.9 Å². The highest BCUT2D eigenvalue weighted by Crippen LogP contribution is 2.13. The molecule has 108 valence electrons. The van der Waals surface area contributed by atoms with Crippen molar-refractivity contribution in [1.82, 2.24) is 9.97 Å². The predicted octanol–water partition coefficient (Wildman–Crippen LogP) is 1.07. The minimum atomic E-state index is -0.820. The number of nitrogens with one attached hydrogen (secondary N) is 2. The summed E-state index contributed by atoms with van der Waals surface area (Å²) in [5, 5.41) is 3.58. The Kier molecular flexibility index (Phi) is 4.39. The summed E-state index contributed by atoms with van der Waals surface area (Å²) in [5.74, 6) is 1.03. The molecular weight excluding hydrogens is 276 g/mol. The van der Waals surface area contributed by atoms with Crippen LogP contribution in [0.4, 0.5) is 11.6 Å². The fourth-order valence-electron chi connectivity index (χ4n) is 1.87. The Hall–Kier alpha value is -1.89. The van der Waals surface area contributed by atoms with Crippen molar-refractivity contribution in [3.8, 4) is 0 Å². The largest absolute Gasteiger partial charge is 0.399 e. The number of fused-ring (bicyclic) bond motifs is 1. The van der Waals surface area contributed by atoms with Crippen LogP contribution in [0.1, 0.15) is 13.3 Å². The van der Waals surface area contributed by atoms with Gasteiger partial charge in [-0.05, 0) is 31.5 Å². The third-order valence-corrected chi connectivity index (χ3v) is 3.76. The molecule has 0 spiro atoms. The standard InChI is InChI=1S/C13H18N4O2S/c1-8(5-6-20(2)19)15-13-16-11-4-3-9(14)7-10(11)12(18)17-13/h3-4,7-8H,5-6,14H2,1-2H3,(H2,15,16,17,18). The van der Waals surface area contributed by atoms with E-state index >= 15 is 0 Å². The van der Waals surface area contributed by atoms with E-state index in [9.17, 15) is 9.00 Å². The number of nitrogen functional groups attached to an aromatic ring is 1. The Balaban J connectivity index is 2.21. The van der Waals surface area contributed by atoms with Crippen molar-refractivity contribution >= 4 is 33.3 Å². The van der Waals surface area contributed by atoms with Gasteiger partial charge in [0.1, 0.15) is 0 Å². The van der Waals surface area contributed by atoms with Crippen molar-refractivity contribution < 1.29 is 4.21 Å². The lowest BCUT2D eigenvalue weighted by Crippen LogP contribution is -2.22. The van der Waals surface area contributed by atoms with E-state index in [0.29, 0.717) is 28.3 Å². The number of anilines is 2. The van der Waals surface area contributed by atoms with Gasteiger partial charge < -0.3 is 11.1 Å². The second-order valence-corrected chi connectivity index (χ2v) is 6.36. The summed E-state index contributed by atoms with van der Waals surface area (Å²) in [7, 11) is -0.820. The average molecular weight is 294 g/mol. The lowest BCUT2D eigenvalue weighted by Gasteiger charge is -2.13. The van der Waals surface area contributed by atoms with Crippen LogP contribution in [0.15, 0.2) is 23.0 Å². The molecule has 6 nitrogen and oxygen atoms in total. The summed E-state index contributed by atoms with van der Waals surface area (Å²) in [5.41, 5.74) is 6.55. The summed E-state index contributed by atoms with van der Waals surface area (Å²) in [6.45, 7) is 1.96. The van der Waals surface area contributed by atoms with Gasteiger partial charge in [0.2, 0.25) is 5.95 Å². The molecule has 2 aromatic rings. The van der Waals surface area contributed by atoms with Crippen molar-refractivity contribution in [2.75, 3.05) is 23.1 Å². The molecule has 20 heavy (non-hydrogen) atoms. The van der Waals surface area contributed by atoms with E-state index in [-0.39, 0.29) is 11.6 Å². The third kappa shape index (κ3) is 3.57. The van der Waals surface area contributed by atoms with Crippen LogP contribution in [-0.4, -0.2) is 32.2 Å². The molecule has 0 bridgehead atoms. The number of hydrogen-bond donors (Lipinski definition) is 3. The van der Waals surface area contributed by atoms with Crippen LogP contribution in [-0.2, 0) is 10.8 Å². The highest BCUT2D eigenvalue weighted by molar-refractivity contribution is 7.84. The van der Waals surface area contributed by atoms with Crippen LogP contribution in [0, 0.1) is 0 Å². The molecule has 1 aromatic heterocycles. The van der Waals surface area contributed by atoms with Crippen molar-refractivity contribution in [2.45, 2.75) is 19.4 Å². The zero-order valence-corrected chi connectivity index (χ0v) is 12.3. The molecule has 0 aliphatic carbocycles. The Labute approximate surface area is 119 Å². The van der Waals surface area contributed by atoms with Gasteiger partial charge in [-0.1, -0.05) is 0 Å². The topological polar surface area (TPSA) is 101 Å². The van der Waals surface area contributed by atoms with Crippen LogP contribution >= 0.6 is 0 Å². The second-order valence-electron chi connectivity index (χ2n) is 4.80. The Morgan fingerprint density at radius 3 is 2.95 bits per heavy atom. The van der Waals surface area contributed by atoms with E-state index in [0.717, 1.165) is 6.42 Å². The highest BCUT2D eigenvalue weighted by atomic mass is 32.2. The molecule has 2 atom stereocenters. The maximum Gasteiger partial charge on any atom is 0.260 e. The molecule has 2 rings (SSSR count). The Morgan fingerprint density at radius 2 is 2.25 bits per heavy atom. The molecule has 4 N–H and O–H groups in total. The van der Waals surface area contributed by atoms with Gasteiger partial charge in [-0.2, -0.15) is 0 Å². The number of benzene rings is 1. The fraction of sp³-hybridized carbons (Fsp3) is 0.385. The molecular formula is C13H18N4O2S. The van der Waals surface area contributed by atoms with Gasteiger partial charge >= 0.3 is 0 Å². The average Bonchev–Trinajstić information content (AvgIpc) is 2.37. The number of rotatable bonds is 5. The minimum absolute atomic E-state index is 0.0771. The number of aromatic amines is 1.